The van der Waals surface area contributed by atoms with Gasteiger partial charge in [0.25, 0.3) is 0 Å². The molecule has 0 aliphatic carbocycles. The average molecular weight is 249 g/mol. The predicted molar refractivity (Wildman–Crippen MR) is 71.1 cm³/mol. The largest absolute Gasteiger partial charge is 0.478 e. The Hall–Kier alpha value is -1.65. The molecule has 0 aromatic heterocycles. The molecule has 98 valence electrons. The molecule has 0 saturated heterocycles. The molecule has 0 saturated carbocycles. The van der Waals surface area contributed by atoms with Crippen molar-refractivity contribution in [2.24, 2.45) is 0 Å². The molecule has 0 unspecified atom stereocenters. The van der Waals surface area contributed by atoms with Crippen molar-refractivity contribution in [3.05, 3.63) is 41.5 Å². The number of aliphatic hydroxyl groups excluding tert-OH is 1. The smallest absolute Gasteiger partial charge is 0.328 e. The van der Waals surface area contributed by atoms with Crippen LogP contribution in [0, 0.1) is 0 Å². The zero-order valence-electron chi connectivity index (χ0n) is 10.5. The molecule has 0 fully saturated rings. The third kappa shape index (κ3) is 5.61. The molecule has 1 aromatic rings. The molecule has 2 N–H and O–H groups in total. The van der Waals surface area contributed by atoms with Gasteiger partial charge in [0.2, 0.25) is 0 Å². The summed E-state index contributed by atoms with van der Waals surface area (Å²) in [5.41, 5.74) is 2.01. The first-order valence-corrected chi connectivity index (χ1v) is 5.91. The Labute approximate surface area is 107 Å². The molecule has 4 nitrogen and oxygen atoms in total. The Morgan fingerprint density at radius 3 is 2.89 bits per heavy atom. The average Bonchev–Trinajstić information content (AvgIpc) is 2.34. The van der Waals surface area contributed by atoms with Gasteiger partial charge in [-0.05, 0) is 30.7 Å². The molecule has 0 heterocycles. The summed E-state index contributed by atoms with van der Waals surface area (Å²) in [4.78, 5) is 12.6. The van der Waals surface area contributed by atoms with Crippen LogP contribution in [0.3, 0.4) is 0 Å². The van der Waals surface area contributed by atoms with Crippen molar-refractivity contribution in [3.63, 3.8) is 0 Å². The molecule has 0 aliphatic heterocycles. The summed E-state index contributed by atoms with van der Waals surface area (Å²) in [5.74, 6) is -0.944. The lowest BCUT2D eigenvalue weighted by atomic mass is 10.1. The van der Waals surface area contributed by atoms with Gasteiger partial charge in [0.1, 0.15) is 0 Å². The summed E-state index contributed by atoms with van der Waals surface area (Å²) in [5, 5.41) is 17.3. The first kappa shape index (κ1) is 14.4. The Balaban J connectivity index is 2.61. The highest BCUT2D eigenvalue weighted by atomic mass is 16.4. The Morgan fingerprint density at radius 2 is 2.22 bits per heavy atom. The normalized spacial score (nSPS) is 11.3. The van der Waals surface area contributed by atoms with E-state index >= 15 is 0 Å². The minimum atomic E-state index is -0.944. The van der Waals surface area contributed by atoms with Gasteiger partial charge in [-0.3, -0.25) is 0 Å². The standard InChI is InChI=1S/C14H19NO3/c1-15(8-3-9-16)11-13-5-2-4-12(10-13)6-7-14(17)18/h2,4-7,10,16H,3,8-9,11H2,1H3,(H,17,18)/b7-6+. The van der Waals surface area contributed by atoms with Crippen LogP contribution >= 0.6 is 0 Å². The molecular weight excluding hydrogens is 230 g/mol. The van der Waals surface area contributed by atoms with E-state index in [0.717, 1.165) is 36.7 Å². The summed E-state index contributed by atoms with van der Waals surface area (Å²) in [6.45, 7) is 1.83. The molecule has 0 bridgehead atoms. The highest BCUT2D eigenvalue weighted by Gasteiger charge is 2.00. The molecule has 18 heavy (non-hydrogen) atoms. The van der Waals surface area contributed by atoms with E-state index in [2.05, 4.69) is 4.90 Å². The van der Waals surface area contributed by atoms with Gasteiger partial charge >= 0.3 is 5.97 Å². The number of nitrogens with zero attached hydrogens (tertiary/aromatic N) is 1. The summed E-state index contributed by atoms with van der Waals surface area (Å²) >= 11 is 0. The van der Waals surface area contributed by atoms with Crippen molar-refractivity contribution in [2.45, 2.75) is 13.0 Å². The summed E-state index contributed by atoms with van der Waals surface area (Å²) < 4.78 is 0. The first-order chi connectivity index (χ1) is 8.61. The van der Waals surface area contributed by atoms with Crippen molar-refractivity contribution in [1.82, 2.24) is 4.90 Å². The van der Waals surface area contributed by atoms with Crippen LogP contribution in [-0.2, 0) is 11.3 Å². The maximum absolute atomic E-state index is 10.4. The number of benzene rings is 1. The Kier molecular flexibility index (Phi) is 6.11. The number of aliphatic carboxylic acids is 1. The fourth-order valence-electron chi connectivity index (χ4n) is 1.69. The molecule has 0 spiro atoms. The van der Waals surface area contributed by atoms with Gasteiger partial charge in [0.05, 0.1) is 0 Å². The van der Waals surface area contributed by atoms with E-state index in [4.69, 9.17) is 10.2 Å². The maximum atomic E-state index is 10.4. The molecule has 1 aromatic carbocycles. The molecule has 4 heteroatoms. The van der Waals surface area contributed by atoms with Crippen molar-refractivity contribution < 1.29 is 15.0 Å². The number of carbonyl (C=O) groups is 1. The fourth-order valence-corrected chi connectivity index (χ4v) is 1.69. The summed E-state index contributed by atoms with van der Waals surface area (Å²) in [6, 6.07) is 7.76. The number of hydrogen-bond donors (Lipinski definition) is 2. The lowest BCUT2D eigenvalue weighted by Crippen LogP contribution is -2.19. The van der Waals surface area contributed by atoms with Crippen molar-refractivity contribution in [2.75, 3.05) is 20.2 Å². The minimum Gasteiger partial charge on any atom is -0.478 e. The number of rotatable bonds is 7. The maximum Gasteiger partial charge on any atom is 0.328 e. The van der Waals surface area contributed by atoms with Gasteiger partial charge in [0, 0.05) is 25.8 Å². The third-order valence-electron chi connectivity index (χ3n) is 2.52. The predicted octanol–water partition coefficient (Wildman–Crippen LogP) is 1.60. The SMILES string of the molecule is CN(CCCO)Cc1cccc(/C=C/C(=O)O)c1. The quantitative estimate of drug-likeness (QED) is 0.721. The fraction of sp³-hybridized carbons (Fsp3) is 0.357. The minimum absolute atomic E-state index is 0.200. The van der Waals surface area contributed by atoms with Gasteiger partial charge in [-0.2, -0.15) is 0 Å². The summed E-state index contributed by atoms with van der Waals surface area (Å²) in [7, 11) is 2.00. The molecule has 0 atom stereocenters. The monoisotopic (exact) mass is 249 g/mol. The molecule has 0 radical (unpaired) electrons. The molecular formula is C14H19NO3. The molecule has 0 aliphatic rings. The van der Waals surface area contributed by atoms with Crippen LogP contribution in [-0.4, -0.2) is 41.3 Å². The van der Waals surface area contributed by atoms with Crippen molar-refractivity contribution >= 4 is 12.0 Å². The zero-order valence-corrected chi connectivity index (χ0v) is 10.5. The van der Waals surface area contributed by atoms with Crippen LogP contribution in [0.1, 0.15) is 17.5 Å². The lowest BCUT2D eigenvalue weighted by Gasteiger charge is -2.16. The van der Waals surface area contributed by atoms with Gasteiger partial charge in [-0.1, -0.05) is 24.3 Å². The number of carboxylic acid groups (broad SMARTS) is 1. The van der Waals surface area contributed by atoms with Gasteiger partial charge in [-0.25, -0.2) is 4.79 Å². The second kappa shape index (κ2) is 7.63. The van der Waals surface area contributed by atoms with E-state index in [0.29, 0.717) is 0 Å². The van der Waals surface area contributed by atoms with Gasteiger partial charge < -0.3 is 15.1 Å². The number of hydrogen-bond acceptors (Lipinski definition) is 3. The van der Waals surface area contributed by atoms with Gasteiger partial charge in [-0.15, -0.1) is 0 Å². The lowest BCUT2D eigenvalue weighted by molar-refractivity contribution is -0.131. The summed E-state index contributed by atoms with van der Waals surface area (Å²) in [6.07, 6.45) is 3.48. The Morgan fingerprint density at radius 1 is 1.44 bits per heavy atom. The van der Waals surface area contributed by atoms with E-state index < -0.39 is 5.97 Å². The van der Waals surface area contributed by atoms with Crippen LogP contribution < -0.4 is 0 Å². The second-order valence-corrected chi connectivity index (χ2v) is 4.23. The second-order valence-electron chi connectivity index (χ2n) is 4.23. The van der Waals surface area contributed by atoms with E-state index in [1.165, 1.54) is 0 Å². The van der Waals surface area contributed by atoms with E-state index in [9.17, 15) is 4.79 Å². The van der Waals surface area contributed by atoms with Crippen molar-refractivity contribution in [1.29, 1.82) is 0 Å². The third-order valence-corrected chi connectivity index (χ3v) is 2.52. The van der Waals surface area contributed by atoms with Crippen LogP contribution in [0.5, 0.6) is 0 Å². The number of carboxylic acids is 1. The van der Waals surface area contributed by atoms with E-state index in [1.54, 1.807) is 6.08 Å². The highest BCUT2D eigenvalue weighted by Crippen LogP contribution is 2.09. The van der Waals surface area contributed by atoms with Crippen LogP contribution in [0.15, 0.2) is 30.3 Å². The molecule has 1 rings (SSSR count). The topological polar surface area (TPSA) is 60.8 Å². The first-order valence-electron chi connectivity index (χ1n) is 5.91. The Bertz CT molecular complexity index is 415. The van der Waals surface area contributed by atoms with E-state index in [1.807, 2.05) is 31.3 Å². The highest BCUT2D eigenvalue weighted by molar-refractivity contribution is 5.85. The van der Waals surface area contributed by atoms with Crippen LogP contribution in [0.25, 0.3) is 6.08 Å². The van der Waals surface area contributed by atoms with E-state index in [-0.39, 0.29) is 6.61 Å². The van der Waals surface area contributed by atoms with Crippen LogP contribution in [0.4, 0.5) is 0 Å². The van der Waals surface area contributed by atoms with Crippen LogP contribution in [0.2, 0.25) is 0 Å². The van der Waals surface area contributed by atoms with Crippen molar-refractivity contribution in [3.8, 4) is 0 Å². The van der Waals surface area contributed by atoms with Gasteiger partial charge in [0.15, 0.2) is 0 Å². The number of aliphatic hydroxyl groups is 1. The molecule has 0 amide bonds. The zero-order chi connectivity index (χ0) is 13.4.